The average molecular weight is 750 g/mol. The maximum absolute atomic E-state index is 5.63. The predicted octanol–water partition coefficient (Wildman–Crippen LogP) is 13.8. The van der Waals surface area contributed by atoms with Gasteiger partial charge in [-0.15, -0.1) is 0 Å². The molecule has 59 heavy (non-hydrogen) atoms. The van der Waals surface area contributed by atoms with E-state index in [0.717, 1.165) is 44.4 Å². The van der Waals surface area contributed by atoms with Crippen LogP contribution in [0.5, 0.6) is 0 Å². The predicted molar refractivity (Wildman–Crippen MR) is 246 cm³/mol. The first-order valence-electron chi connectivity index (χ1n) is 20.2. The fraction of sp³-hybridized carbons (Fsp3) is 0. The molecule has 14 aromatic rings. The molecular formula is C54H31N5. The molecule has 0 atom stereocenters. The number of nitrogens with zero attached hydrogens (tertiary/aromatic N) is 5. The van der Waals surface area contributed by atoms with Crippen molar-refractivity contribution >= 4 is 103 Å². The third-order valence-electron chi connectivity index (χ3n) is 12.7. The van der Waals surface area contributed by atoms with E-state index >= 15 is 0 Å². The Hall–Kier alpha value is -8.02. The highest BCUT2D eigenvalue weighted by Crippen LogP contribution is 2.47. The number of benzene rings is 9. The molecule has 272 valence electrons. The summed E-state index contributed by atoms with van der Waals surface area (Å²) in [5, 5.41) is 13.2. The average Bonchev–Trinajstić information content (AvgIpc) is 4.02. The Morgan fingerprint density at radius 1 is 0.339 bits per heavy atom. The maximum Gasteiger partial charge on any atom is 0.235 e. The minimum absolute atomic E-state index is 0.655. The van der Waals surface area contributed by atoms with E-state index in [1.54, 1.807) is 0 Å². The van der Waals surface area contributed by atoms with Crippen molar-refractivity contribution in [2.45, 2.75) is 0 Å². The van der Waals surface area contributed by atoms with Gasteiger partial charge in [0.15, 0.2) is 0 Å². The standard InChI is InChI=1S/C54H31N5/c1-2-16-35(17-3-1)57-44-23-11-7-18-36(44)40-29-34(26-27-47(40)57)52-38-20-6-10-22-43(38)55-54(56-52)59-48-30-33-15-5-4-14-32(33)28-42(48)50-49(59)31-41-37-19-8-12-24-45(37)58-46-25-13-9-21-39(46)51(50)53(41)58/h1-31H. The van der Waals surface area contributed by atoms with Crippen molar-refractivity contribution in [1.82, 2.24) is 23.5 Å². The summed E-state index contributed by atoms with van der Waals surface area (Å²) in [7, 11) is 0. The zero-order valence-corrected chi connectivity index (χ0v) is 31.6. The van der Waals surface area contributed by atoms with Crippen LogP contribution in [0.25, 0.3) is 126 Å². The topological polar surface area (TPSA) is 40.0 Å². The lowest BCUT2D eigenvalue weighted by Crippen LogP contribution is -2.03. The maximum atomic E-state index is 5.63. The Bertz CT molecular complexity index is 4070. The molecule has 5 aromatic heterocycles. The molecule has 5 heteroatoms. The normalized spacial score (nSPS) is 12.4. The molecule has 0 fully saturated rings. The Balaban J connectivity index is 1.12. The largest absolute Gasteiger partial charge is 0.309 e. The minimum Gasteiger partial charge on any atom is -0.309 e. The molecule has 0 saturated heterocycles. The summed E-state index contributed by atoms with van der Waals surface area (Å²) in [5.41, 5.74) is 12.2. The van der Waals surface area contributed by atoms with Crippen LogP contribution < -0.4 is 0 Å². The molecule has 0 radical (unpaired) electrons. The summed E-state index contributed by atoms with van der Waals surface area (Å²) in [6.45, 7) is 0. The first-order valence-corrected chi connectivity index (χ1v) is 20.2. The third kappa shape index (κ3) is 4.08. The van der Waals surface area contributed by atoms with Gasteiger partial charge in [-0.05, 0) is 77.5 Å². The molecular weight excluding hydrogens is 719 g/mol. The van der Waals surface area contributed by atoms with Crippen LogP contribution in [0.4, 0.5) is 0 Å². The van der Waals surface area contributed by atoms with Crippen molar-refractivity contribution in [3.8, 4) is 22.9 Å². The van der Waals surface area contributed by atoms with Crippen LogP contribution in [-0.4, -0.2) is 23.5 Å². The second-order valence-electron chi connectivity index (χ2n) is 15.8. The number of fused-ring (bicyclic) bond motifs is 15. The lowest BCUT2D eigenvalue weighted by atomic mass is 10.0. The third-order valence-corrected chi connectivity index (χ3v) is 12.7. The number of hydrogen-bond acceptors (Lipinski definition) is 2. The quantitative estimate of drug-likeness (QED) is 0.180. The van der Waals surface area contributed by atoms with Crippen LogP contribution in [0.15, 0.2) is 188 Å². The molecule has 0 spiro atoms. The van der Waals surface area contributed by atoms with Crippen LogP contribution in [0.3, 0.4) is 0 Å². The molecule has 0 amide bonds. The van der Waals surface area contributed by atoms with E-state index in [9.17, 15) is 0 Å². The molecule has 14 rings (SSSR count). The Morgan fingerprint density at radius 3 is 1.78 bits per heavy atom. The van der Waals surface area contributed by atoms with E-state index < -0.39 is 0 Å². The number of rotatable bonds is 3. The summed E-state index contributed by atoms with van der Waals surface area (Å²) in [5.74, 6) is 0.655. The van der Waals surface area contributed by atoms with Gasteiger partial charge in [0.1, 0.15) is 0 Å². The zero-order chi connectivity index (χ0) is 38.3. The summed E-state index contributed by atoms with van der Waals surface area (Å²) < 4.78 is 7.16. The molecule has 0 aliphatic heterocycles. The van der Waals surface area contributed by atoms with Crippen molar-refractivity contribution in [1.29, 1.82) is 0 Å². The summed E-state index contributed by atoms with van der Waals surface area (Å²) in [6, 6.07) is 68.0. The smallest absolute Gasteiger partial charge is 0.235 e. The van der Waals surface area contributed by atoms with Gasteiger partial charge in [0.25, 0.3) is 0 Å². The van der Waals surface area contributed by atoms with Crippen LogP contribution >= 0.6 is 0 Å². The number of hydrogen-bond donors (Lipinski definition) is 0. The van der Waals surface area contributed by atoms with Gasteiger partial charge < -0.3 is 8.97 Å². The van der Waals surface area contributed by atoms with Crippen molar-refractivity contribution in [2.75, 3.05) is 0 Å². The Kier molecular flexibility index (Phi) is 5.96. The van der Waals surface area contributed by atoms with Crippen molar-refractivity contribution in [2.24, 2.45) is 0 Å². The molecule has 0 aliphatic carbocycles. The second kappa shape index (κ2) is 11.3. The monoisotopic (exact) mass is 749 g/mol. The number of aromatic nitrogens is 5. The van der Waals surface area contributed by atoms with Crippen LogP contribution in [-0.2, 0) is 0 Å². The first kappa shape index (κ1) is 31.1. The fourth-order valence-electron chi connectivity index (χ4n) is 10.3. The van der Waals surface area contributed by atoms with Gasteiger partial charge in [0.05, 0.1) is 49.8 Å². The molecule has 9 aromatic carbocycles. The van der Waals surface area contributed by atoms with E-state index in [4.69, 9.17) is 9.97 Å². The van der Waals surface area contributed by atoms with Crippen LogP contribution in [0.2, 0.25) is 0 Å². The van der Waals surface area contributed by atoms with Crippen molar-refractivity contribution in [3.05, 3.63) is 188 Å². The lowest BCUT2D eigenvalue weighted by molar-refractivity contribution is 1.02. The molecule has 0 N–H and O–H groups in total. The lowest BCUT2D eigenvalue weighted by Gasteiger charge is -2.13. The van der Waals surface area contributed by atoms with E-state index in [1.165, 1.54) is 75.9 Å². The molecule has 5 heterocycles. The highest BCUT2D eigenvalue weighted by molar-refractivity contribution is 6.36. The highest BCUT2D eigenvalue weighted by Gasteiger charge is 2.26. The van der Waals surface area contributed by atoms with E-state index in [2.05, 4.69) is 202 Å². The first-order chi connectivity index (χ1) is 29.3. The summed E-state index contributed by atoms with van der Waals surface area (Å²) >= 11 is 0. The van der Waals surface area contributed by atoms with Crippen LogP contribution in [0, 0.1) is 0 Å². The van der Waals surface area contributed by atoms with Gasteiger partial charge >= 0.3 is 0 Å². The van der Waals surface area contributed by atoms with E-state index in [-0.39, 0.29) is 0 Å². The summed E-state index contributed by atoms with van der Waals surface area (Å²) in [6.07, 6.45) is 0. The zero-order valence-electron chi connectivity index (χ0n) is 31.6. The molecule has 0 bridgehead atoms. The Morgan fingerprint density at radius 2 is 0.966 bits per heavy atom. The van der Waals surface area contributed by atoms with E-state index in [0.29, 0.717) is 5.95 Å². The molecule has 0 unspecified atom stereocenters. The van der Waals surface area contributed by atoms with Crippen molar-refractivity contribution in [3.63, 3.8) is 0 Å². The number of para-hydroxylation sites is 5. The van der Waals surface area contributed by atoms with Gasteiger partial charge in [0.2, 0.25) is 5.95 Å². The van der Waals surface area contributed by atoms with Gasteiger partial charge in [-0.2, -0.15) is 0 Å². The SMILES string of the molecule is c1ccc(-n2c3ccccc3c3cc(-c4nc(-n5c6cc7ccccc7cc6c6c7c8ccccc8n8c9ccccc9c(cc65)c78)nc5ccccc45)ccc32)cc1. The minimum atomic E-state index is 0.655. The van der Waals surface area contributed by atoms with Gasteiger partial charge in [-0.25, -0.2) is 9.97 Å². The fourth-order valence-corrected chi connectivity index (χ4v) is 10.3. The summed E-state index contributed by atoms with van der Waals surface area (Å²) in [4.78, 5) is 11.1. The van der Waals surface area contributed by atoms with Gasteiger partial charge in [-0.1, -0.05) is 121 Å². The Labute approximate surface area is 336 Å². The van der Waals surface area contributed by atoms with Gasteiger partial charge in [-0.3, -0.25) is 4.57 Å². The molecule has 0 aliphatic rings. The van der Waals surface area contributed by atoms with Crippen molar-refractivity contribution < 1.29 is 0 Å². The van der Waals surface area contributed by atoms with E-state index in [1.807, 2.05) is 0 Å². The van der Waals surface area contributed by atoms with Crippen LogP contribution in [0.1, 0.15) is 0 Å². The molecule has 0 saturated carbocycles. The second-order valence-corrected chi connectivity index (χ2v) is 15.8. The van der Waals surface area contributed by atoms with Gasteiger partial charge in [0, 0.05) is 59.7 Å². The highest BCUT2D eigenvalue weighted by atomic mass is 15.2. The molecule has 5 nitrogen and oxygen atoms in total.